The summed E-state index contributed by atoms with van der Waals surface area (Å²) in [6.45, 7) is 4.46. The lowest BCUT2D eigenvalue weighted by molar-refractivity contribution is 0.403. The van der Waals surface area contributed by atoms with Gasteiger partial charge in [0.1, 0.15) is 0 Å². The normalized spacial score (nSPS) is 12.7. The molecule has 0 amide bonds. The summed E-state index contributed by atoms with van der Waals surface area (Å²) in [4.78, 5) is 0. The third kappa shape index (κ3) is 3.82. The molecule has 2 heteroatoms. The van der Waals surface area contributed by atoms with Crippen LogP contribution >= 0.6 is 0 Å². The van der Waals surface area contributed by atoms with Crippen LogP contribution in [0.4, 0.5) is 0 Å². The summed E-state index contributed by atoms with van der Waals surface area (Å²) in [6.07, 6.45) is 4.55. The van der Waals surface area contributed by atoms with E-state index in [2.05, 4.69) is 13.8 Å². The SMILES string of the molecule is CCC(C)CCCc1ccc(O)c(O)c1. The number of aryl methyl sites for hydroxylation is 1. The Hall–Kier alpha value is -1.18. The highest BCUT2D eigenvalue weighted by atomic mass is 16.3. The zero-order chi connectivity index (χ0) is 11.3. The van der Waals surface area contributed by atoms with Gasteiger partial charge in [-0.15, -0.1) is 0 Å². The molecule has 0 aliphatic rings. The first-order valence-electron chi connectivity index (χ1n) is 5.64. The summed E-state index contributed by atoms with van der Waals surface area (Å²) in [7, 11) is 0. The van der Waals surface area contributed by atoms with Crippen LogP contribution in [0, 0.1) is 5.92 Å². The topological polar surface area (TPSA) is 40.5 Å². The zero-order valence-corrected chi connectivity index (χ0v) is 9.53. The van der Waals surface area contributed by atoms with Gasteiger partial charge in [0, 0.05) is 0 Å². The number of rotatable bonds is 5. The van der Waals surface area contributed by atoms with E-state index in [0.29, 0.717) is 0 Å². The molecule has 0 saturated carbocycles. The lowest BCUT2D eigenvalue weighted by atomic mass is 9.99. The molecule has 0 heterocycles. The van der Waals surface area contributed by atoms with E-state index < -0.39 is 0 Å². The average molecular weight is 208 g/mol. The van der Waals surface area contributed by atoms with Crippen LogP contribution in [-0.2, 0) is 6.42 Å². The van der Waals surface area contributed by atoms with E-state index in [1.54, 1.807) is 12.1 Å². The second-order valence-electron chi connectivity index (χ2n) is 4.23. The van der Waals surface area contributed by atoms with E-state index in [4.69, 9.17) is 5.11 Å². The number of phenolic OH excluding ortho intramolecular Hbond substituents is 2. The Morgan fingerprint density at radius 1 is 1.20 bits per heavy atom. The van der Waals surface area contributed by atoms with Crippen LogP contribution < -0.4 is 0 Å². The molecule has 0 bridgehead atoms. The summed E-state index contributed by atoms with van der Waals surface area (Å²) in [6, 6.07) is 5.06. The Kier molecular flexibility index (Phi) is 4.47. The maximum absolute atomic E-state index is 9.30. The Labute approximate surface area is 91.6 Å². The van der Waals surface area contributed by atoms with Crippen LogP contribution in [0.1, 0.15) is 38.7 Å². The van der Waals surface area contributed by atoms with E-state index >= 15 is 0 Å². The van der Waals surface area contributed by atoms with Gasteiger partial charge in [-0.1, -0.05) is 32.8 Å². The van der Waals surface area contributed by atoms with Gasteiger partial charge in [-0.3, -0.25) is 0 Å². The first-order valence-corrected chi connectivity index (χ1v) is 5.64. The lowest BCUT2D eigenvalue weighted by Gasteiger charge is -2.08. The molecule has 84 valence electrons. The van der Waals surface area contributed by atoms with Crippen molar-refractivity contribution in [3.05, 3.63) is 23.8 Å². The van der Waals surface area contributed by atoms with Crippen LogP contribution in [0.3, 0.4) is 0 Å². The van der Waals surface area contributed by atoms with Gasteiger partial charge in [-0.2, -0.15) is 0 Å². The third-order valence-corrected chi connectivity index (χ3v) is 2.90. The van der Waals surface area contributed by atoms with E-state index in [1.807, 2.05) is 6.07 Å². The zero-order valence-electron chi connectivity index (χ0n) is 9.53. The van der Waals surface area contributed by atoms with Gasteiger partial charge in [0.25, 0.3) is 0 Å². The summed E-state index contributed by atoms with van der Waals surface area (Å²) in [5, 5.41) is 18.5. The third-order valence-electron chi connectivity index (χ3n) is 2.90. The summed E-state index contributed by atoms with van der Waals surface area (Å²) < 4.78 is 0. The first kappa shape index (κ1) is 11.9. The molecule has 1 aromatic carbocycles. The molecule has 1 aromatic rings. The predicted octanol–water partition coefficient (Wildman–Crippen LogP) is 3.47. The summed E-state index contributed by atoms with van der Waals surface area (Å²) in [5.74, 6) is 0.715. The van der Waals surface area contributed by atoms with Gasteiger partial charge in [-0.25, -0.2) is 0 Å². The van der Waals surface area contributed by atoms with Crippen LogP contribution in [-0.4, -0.2) is 10.2 Å². The van der Waals surface area contributed by atoms with Gasteiger partial charge in [0.05, 0.1) is 0 Å². The highest BCUT2D eigenvalue weighted by molar-refractivity contribution is 5.40. The van der Waals surface area contributed by atoms with Crippen LogP contribution in [0.5, 0.6) is 11.5 Å². The second-order valence-corrected chi connectivity index (χ2v) is 4.23. The molecular formula is C13H20O2. The van der Waals surface area contributed by atoms with Crippen molar-refractivity contribution < 1.29 is 10.2 Å². The minimum Gasteiger partial charge on any atom is -0.504 e. The minimum atomic E-state index is -0.0410. The molecule has 0 aliphatic heterocycles. The second kappa shape index (κ2) is 5.64. The standard InChI is InChI=1S/C13H20O2/c1-3-10(2)5-4-6-11-7-8-12(14)13(15)9-11/h7-10,14-15H,3-6H2,1-2H3. The number of aromatic hydroxyl groups is 2. The number of benzene rings is 1. The van der Waals surface area contributed by atoms with Crippen molar-refractivity contribution in [1.82, 2.24) is 0 Å². The fourth-order valence-electron chi connectivity index (χ4n) is 1.58. The van der Waals surface area contributed by atoms with E-state index in [-0.39, 0.29) is 11.5 Å². The first-order chi connectivity index (χ1) is 7.13. The Balaban J connectivity index is 2.41. The van der Waals surface area contributed by atoms with Crippen molar-refractivity contribution in [3.63, 3.8) is 0 Å². The molecule has 1 unspecified atom stereocenters. The average Bonchev–Trinajstić information content (AvgIpc) is 2.23. The van der Waals surface area contributed by atoms with Crippen molar-refractivity contribution in [1.29, 1.82) is 0 Å². The Morgan fingerprint density at radius 3 is 2.53 bits per heavy atom. The molecule has 2 nitrogen and oxygen atoms in total. The van der Waals surface area contributed by atoms with Crippen LogP contribution in [0.2, 0.25) is 0 Å². The van der Waals surface area contributed by atoms with Crippen molar-refractivity contribution in [3.8, 4) is 11.5 Å². The molecule has 0 spiro atoms. The van der Waals surface area contributed by atoms with Crippen LogP contribution in [0.25, 0.3) is 0 Å². The molecule has 1 atom stereocenters. The predicted molar refractivity (Wildman–Crippen MR) is 62.2 cm³/mol. The molecular weight excluding hydrogens is 188 g/mol. The maximum Gasteiger partial charge on any atom is 0.157 e. The van der Waals surface area contributed by atoms with Gasteiger partial charge in [0.2, 0.25) is 0 Å². The maximum atomic E-state index is 9.30. The van der Waals surface area contributed by atoms with Crippen molar-refractivity contribution in [2.45, 2.75) is 39.5 Å². The van der Waals surface area contributed by atoms with Gasteiger partial charge in [0.15, 0.2) is 11.5 Å². The molecule has 0 radical (unpaired) electrons. The molecule has 0 aromatic heterocycles. The largest absolute Gasteiger partial charge is 0.504 e. The van der Waals surface area contributed by atoms with Crippen molar-refractivity contribution in [2.24, 2.45) is 5.92 Å². The lowest BCUT2D eigenvalue weighted by Crippen LogP contribution is -1.94. The molecule has 0 aliphatic carbocycles. The molecule has 2 N–H and O–H groups in total. The Bertz CT molecular complexity index is 307. The quantitative estimate of drug-likeness (QED) is 0.727. The van der Waals surface area contributed by atoms with Crippen molar-refractivity contribution >= 4 is 0 Å². The summed E-state index contributed by atoms with van der Waals surface area (Å²) in [5.41, 5.74) is 1.09. The molecule has 15 heavy (non-hydrogen) atoms. The highest BCUT2D eigenvalue weighted by Gasteiger charge is 2.02. The van der Waals surface area contributed by atoms with Crippen LogP contribution in [0.15, 0.2) is 18.2 Å². The number of hydrogen-bond donors (Lipinski definition) is 2. The van der Waals surface area contributed by atoms with Gasteiger partial charge < -0.3 is 10.2 Å². The molecule has 0 fully saturated rings. The van der Waals surface area contributed by atoms with Crippen molar-refractivity contribution in [2.75, 3.05) is 0 Å². The highest BCUT2D eigenvalue weighted by Crippen LogP contribution is 2.25. The molecule has 1 rings (SSSR count). The van der Waals surface area contributed by atoms with Gasteiger partial charge >= 0.3 is 0 Å². The van der Waals surface area contributed by atoms with E-state index in [0.717, 1.165) is 24.3 Å². The smallest absolute Gasteiger partial charge is 0.157 e. The Morgan fingerprint density at radius 2 is 1.93 bits per heavy atom. The van der Waals surface area contributed by atoms with E-state index in [9.17, 15) is 5.11 Å². The molecule has 0 saturated heterocycles. The summed E-state index contributed by atoms with van der Waals surface area (Å²) >= 11 is 0. The number of hydrogen-bond acceptors (Lipinski definition) is 2. The van der Waals surface area contributed by atoms with Gasteiger partial charge in [-0.05, 0) is 36.5 Å². The monoisotopic (exact) mass is 208 g/mol. The minimum absolute atomic E-state index is 0.0176. The van der Waals surface area contributed by atoms with E-state index in [1.165, 1.54) is 12.8 Å². The number of phenols is 2. The fourth-order valence-corrected chi connectivity index (χ4v) is 1.58. The fraction of sp³-hybridized carbons (Fsp3) is 0.538.